The highest BCUT2D eigenvalue weighted by Gasteiger charge is 2.47. The van der Waals surface area contributed by atoms with Gasteiger partial charge < -0.3 is 4.90 Å². The molecule has 23 heavy (non-hydrogen) atoms. The van der Waals surface area contributed by atoms with Gasteiger partial charge in [0.05, 0.1) is 11.7 Å². The van der Waals surface area contributed by atoms with Crippen LogP contribution in [0.2, 0.25) is 0 Å². The Bertz CT molecular complexity index is 586. The number of hydroxylamine groups is 1. The summed E-state index contributed by atoms with van der Waals surface area (Å²) < 4.78 is 0. The molecule has 1 atom stereocenters. The summed E-state index contributed by atoms with van der Waals surface area (Å²) in [6, 6.07) is 21.6. The van der Waals surface area contributed by atoms with Gasteiger partial charge in [-0.3, -0.25) is 4.84 Å². The summed E-state index contributed by atoms with van der Waals surface area (Å²) in [7, 11) is 2.20. The van der Waals surface area contributed by atoms with Crippen LogP contribution < -0.4 is 5.06 Å². The normalized spacial score (nSPS) is 24.2. The Morgan fingerprint density at radius 3 is 2.17 bits per heavy atom. The van der Waals surface area contributed by atoms with Crippen molar-refractivity contribution in [3.63, 3.8) is 0 Å². The second kappa shape index (κ2) is 5.99. The molecular weight excluding hydrogens is 284 g/mol. The van der Waals surface area contributed by atoms with Gasteiger partial charge in [0.15, 0.2) is 0 Å². The molecule has 2 aromatic rings. The highest BCUT2D eigenvalue weighted by molar-refractivity contribution is 5.47. The number of nitrogens with zero attached hydrogens (tertiary/aromatic N) is 2. The second-order valence-electron chi connectivity index (χ2n) is 6.87. The fraction of sp³-hybridized carbons (Fsp3) is 0.400. The fourth-order valence-electron chi connectivity index (χ4n) is 3.80. The molecule has 3 nitrogen and oxygen atoms in total. The molecule has 0 N–H and O–H groups in total. The fourth-order valence-corrected chi connectivity index (χ4v) is 3.80. The number of piperidine rings is 1. The Morgan fingerprint density at radius 1 is 0.913 bits per heavy atom. The largest absolute Gasteiger partial charge is 0.306 e. The van der Waals surface area contributed by atoms with E-state index in [-0.39, 0.29) is 5.60 Å². The molecule has 0 amide bonds. The highest BCUT2D eigenvalue weighted by atomic mass is 16.7. The summed E-state index contributed by atoms with van der Waals surface area (Å²) in [5.41, 5.74) is 2.48. The molecule has 0 aromatic heterocycles. The van der Waals surface area contributed by atoms with Gasteiger partial charge in [-0.1, -0.05) is 48.5 Å². The second-order valence-corrected chi connectivity index (χ2v) is 6.87. The lowest BCUT2D eigenvalue weighted by Crippen LogP contribution is -2.43. The molecule has 1 spiro atoms. The van der Waals surface area contributed by atoms with Crippen LogP contribution in [0.4, 0.5) is 5.69 Å². The smallest absolute Gasteiger partial charge is 0.101 e. The molecule has 2 aromatic carbocycles. The molecule has 1 unspecified atom stereocenters. The van der Waals surface area contributed by atoms with Gasteiger partial charge in [0.2, 0.25) is 0 Å². The van der Waals surface area contributed by atoms with Crippen molar-refractivity contribution in [2.24, 2.45) is 0 Å². The summed E-state index contributed by atoms with van der Waals surface area (Å²) in [6.45, 7) is 2.23. The predicted molar refractivity (Wildman–Crippen MR) is 93.3 cm³/mol. The van der Waals surface area contributed by atoms with E-state index in [9.17, 15) is 0 Å². The van der Waals surface area contributed by atoms with Gasteiger partial charge in [-0.25, -0.2) is 5.06 Å². The van der Waals surface area contributed by atoms with E-state index in [0.717, 1.165) is 38.0 Å². The Hall–Kier alpha value is -1.84. The lowest BCUT2D eigenvalue weighted by Gasteiger charge is -2.36. The van der Waals surface area contributed by atoms with Gasteiger partial charge in [0.1, 0.15) is 5.60 Å². The van der Waals surface area contributed by atoms with Crippen molar-refractivity contribution in [2.75, 3.05) is 25.2 Å². The van der Waals surface area contributed by atoms with Gasteiger partial charge in [-0.05, 0) is 37.6 Å². The van der Waals surface area contributed by atoms with Gasteiger partial charge >= 0.3 is 0 Å². The van der Waals surface area contributed by atoms with Crippen LogP contribution in [0.3, 0.4) is 0 Å². The molecule has 120 valence electrons. The molecule has 2 fully saturated rings. The maximum Gasteiger partial charge on any atom is 0.101 e. The van der Waals surface area contributed by atoms with Crippen LogP contribution in [0.5, 0.6) is 0 Å². The van der Waals surface area contributed by atoms with Crippen LogP contribution in [-0.2, 0) is 4.84 Å². The standard InChI is InChI=1S/C20H24N2O/c1-21-14-12-20(13-15-21)16-19(17-8-4-2-5-9-17)22(23-20)18-10-6-3-7-11-18/h2-11,19H,12-16H2,1H3. The van der Waals surface area contributed by atoms with E-state index in [1.54, 1.807) is 0 Å². The zero-order chi connectivity index (χ0) is 15.7. The molecule has 2 aliphatic heterocycles. The van der Waals surface area contributed by atoms with Crippen molar-refractivity contribution in [1.82, 2.24) is 4.90 Å². The van der Waals surface area contributed by atoms with E-state index in [2.05, 4.69) is 77.7 Å². The first kappa shape index (κ1) is 14.7. The minimum absolute atomic E-state index is 0.0111. The Labute approximate surface area is 138 Å². The molecule has 2 saturated heterocycles. The quantitative estimate of drug-likeness (QED) is 0.833. The zero-order valence-electron chi connectivity index (χ0n) is 13.7. The topological polar surface area (TPSA) is 15.7 Å². The van der Waals surface area contributed by atoms with E-state index in [1.807, 2.05) is 0 Å². The Morgan fingerprint density at radius 2 is 1.52 bits per heavy atom. The third kappa shape index (κ3) is 2.87. The summed E-state index contributed by atoms with van der Waals surface area (Å²) in [4.78, 5) is 9.00. The Balaban J connectivity index is 1.67. The molecule has 0 saturated carbocycles. The van der Waals surface area contributed by atoms with Gasteiger partial charge in [-0.15, -0.1) is 0 Å². The van der Waals surface area contributed by atoms with Crippen molar-refractivity contribution >= 4 is 5.69 Å². The van der Waals surface area contributed by atoms with Crippen LogP contribution in [-0.4, -0.2) is 30.6 Å². The number of hydrogen-bond donors (Lipinski definition) is 0. The first-order valence-corrected chi connectivity index (χ1v) is 8.53. The van der Waals surface area contributed by atoms with Crippen molar-refractivity contribution in [3.05, 3.63) is 66.2 Å². The van der Waals surface area contributed by atoms with E-state index in [1.165, 1.54) is 5.56 Å². The lowest BCUT2D eigenvalue weighted by molar-refractivity contribution is -0.0523. The number of likely N-dealkylation sites (tertiary alicyclic amines) is 1. The highest BCUT2D eigenvalue weighted by Crippen LogP contribution is 2.47. The number of rotatable bonds is 2. The van der Waals surface area contributed by atoms with Crippen LogP contribution in [0.15, 0.2) is 60.7 Å². The van der Waals surface area contributed by atoms with Crippen LogP contribution in [0.1, 0.15) is 30.9 Å². The minimum atomic E-state index is -0.0111. The minimum Gasteiger partial charge on any atom is -0.306 e. The average Bonchev–Trinajstić information content (AvgIpc) is 2.99. The van der Waals surface area contributed by atoms with Gasteiger partial charge in [-0.2, -0.15) is 0 Å². The van der Waals surface area contributed by atoms with E-state index >= 15 is 0 Å². The Kier molecular flexibility index (Phi) is 3.83. The molecule has 0 radical (unpaired) electrons. The summed E-state index contributed by atoms with van der Waals surface area (Å²) in [6.07, 6.45) is 3.28. The van der Waals surface area contributed by atoms with Crippen LogP contribution >= 0.6 is 0 Å². The van der Waals surface area contributed by atoms with Crippen molar-refractivity contribution in [3.8, 4) is 0 Å². The summed E-state index contributed by atoms with van der Waals surface area (Å²) in [5.74, 6) is 0. The lowest BCUT2D eigenvalue weighted by atomic mass is 9.85. The molecule has 0 aliphatic carbocycles. The molecule has 3 heteroatoms. The molecular formula is C20H24N2O. The van der Waals surface area contributed by atoms with Crippen LogP contribution in [0, 0.1) is 0 Å². The first-order valence-electron chi connectivity index (χ1n) is 8.53. The molecule has 4 rings (SSSR count). The van der Waals surface area contributed by atoms with E-state index in [0.29, 0.717) is 6.04 Å². The maximum absolute atomic E-state index is 6.60. The number of hydrogen-bond acceptors (Lipinski definition) is 3. The number of benzene rings is 2. The third-order valence-electron chi connectivity index (χ3n) is 5.23. The average molecular weight is 308 g/mol. The molecule has 2 heterocycles. The van der Waals surface area contributed by atoms with E-state index < -0.39 is 0 Å². The van der Waals surface area contributed by atoms with Gasteiger partial charge in [0.25, 0.3) is 0 Å². The van der Waals surface area contributed by atoms with Crippen molar-refractivity contribution < 1.29 is 4.84 Å². The number of para-hydroxylation sites is 1. The summed E-state index contributed by atoms with van der Waals surface area (Å²) >= 11 is 0. The molecule has 2 aliphatic rings. The van der Waals surface area contributed by atoms with Crippen molar-refractivity contribution in [2.45, 2.75) is 30.9 Å². The van der Waals surface area contributed by atoms with Crippen LogP contribution in [0.25, 0.3) is 0 Å². The summed E-state index contributed by atoms with van der Waals surface area (Å²) in [5, 5.41) is 2.15. The van der Waals surface area contributed by atoms with Crippen molar-refractivity contribution in [1.29, 1.82) is 0 Å². The monoisotopic (exact) mass is 308 g/mol. The predicted octanol–water partition coefficient (Wildman–Crippen LogP) is 4.03. The maximum atomic E-state index is 6.60. The number of anilines is 1. The zero-order valence-corrected chi connectivity index (χ0v) is 13.7. The van der Waals surface area contributed by atoms with E-state index in [4.69, 9.17) is 4.84 Å². The SMILES string of the molecule is CN1CCC2(CC1)CC(c1ccccc1)N(c1ccccc1)O2. The molecule has 0 bridgehead atoms. The first-order chi connectivity index (χ1) is 11.3. The van der Waals surface area contributed by atoms with Gasteiger partial charge in [0, 0.05) is 19.5 Å². The third-order valence-corrected chi connectivity index (χ3v) is 5.23.